The first kappa shape index (κ1) is 10.4. The van der Waals surface area contributed by atoms with Gasteiger partial charge in [0, 0.05) is 0 Å². The number of ether oxygens (including phenoxy) is 1. The smallest absolute Gasteiger partial charge is 0.341 e. The van der Waals surface area contributed by atoms with Crippen LogP contribution in [0.4, 0.5) is 0 Å². The van der Waals surface area contributed by atoms with Crippen molar-refractivity contribution >= 4 is 6.20 Å². The molecule has 0 amide bonds. The summed E-state index contributed by atoms with van der Waals surface area (Å²) in [4.78, 5) is 36.4. The zero-order valence-electron chi connectivity index (χ0n) is 8.30. The van der Waals surface area contributed by atoms with Gasteiger partial charge in [0.25, 0.3) is 0 Å². The van der Waals surface area contributed by atoms with E-state index in [0.717, 1.165) is 15.3 Å². The van der Waals surface area contributed by atoms with Gasteiger partial charge in [0.2, 0.25) is 0 Å². The molecule has 1 fully saturated rings. The van der Waals surface area contributed by atoms with E-state index < -0.39 is 17.1 Å². The maximum atomic E-state index is 11.7. The molecule has 7 nitrogen and oxygen atoms in total. The fourth-order valence-corrected chi connectivity index (χ4v) is 1.27. The van der Waals surface area contributed by atoms with Crippen molar-refractivity contribution in [1.29, 1.82) is 0 Å². The molecular weight excluding hydrogens is 214 g/mol. The molecule has 0 radical (unpaired) electrons. The van der Waals surface area contributed by atoms with Gasteiger partial charge in [0.1, 0.15) is 0 Å². The molecule has 0 saturated carbocycles. The lowest BCUT2D eigenvalue weighted by Gasteiger charge is -2.02. The molecule has 1 atom stereocenters. The highest BCUT2D eigenvalue weighted by Gasteiger charge is 2.25. The van der Waals surface area contributed by atoms with E-state index in [2.05, 4.69) is 12.3 Å². The summed E-state index contributed by atoms with van der Waals surface area (Å²) in [5, 5.41) is 0. The van der Waals surface area contributed by atoms with Gasteiger partial charge < -0.3 is 4.74 Å². The lowest BCUT2D eigenvalue weighted by Crippen LogP contribution is -2.48. The van der Waals surface area contributed by atoms with Crippen molar-refractivity contribution in [3.63, 3.8) is 0 Å². The molecule has 1 aromatic rings. The minimum atomic E-state index is -0.806. The third-order valence-electron chi connectivity index (χ3n) is 2.12. The van der Waals surface area contributed by atoms with E-state index in [1.54, 1.807) is 0 Å². The normalized spacial score (nSPS) is 17.9. The number of epoxide rings is 1. The Labute approximate surface area is 88.9 Å². The van der Waals surface area contributed by atoms with Crippen LogP contribution in [-0.2, 0) is 11.3 Å². The second-order valence-electron chi connectivity index (χ2n) is 3.29. The summed E-state index contributed by atoms with van der Waals surface area (Å²) < 4.78 is 6.56. The number of H-pyrrole nitrogens is 1. The summed E-state index contributed by atoms with van der Waals surface area (Å²) in [6.07, 6.45) is 0.947. The Kier molecular flexibility index (Phi) is 2.47. The van der Waals surface area contributed by atoms with Crippen LogP contribution in [0.3, 0.4) is 0 Å². The first-order valence-corrected chi connectivity index (χ1v) is 4.56. The van der Waals surface area contributed by atoms with Crippen LogP contribution in [0.1, 0.15) is 0 Å². The van der Waals surface area contributed by atoms with Crippen molar-refractivity contribution in [3.05, 3.63) is 43.8 Å². The first-order chi connectivity index (χ1) is 7.63. The average molecular weight is 223 g/mol. The van der Waals surface area contributed by atoms with Crippen LogP contribution >= 0.6 is 0 Å². The Morgan fingerprint density at radius 3 is 2.75 bits per heavy atom. The van der Waals surface area contributed by atoms with Crippen LogP contribution in [0.5, 0.6) is 0 Å². The molecule has 1 unspecified atom stereocenters. The molecule has 84 valence electrons. The molecule has 1 aliphatic heterocycles. The van der Waals surface area contributed by atoms with Crippen LogP contribution in [-0.4, -0.2) is 26.8 Å². The van der Waals surface area contributed by atoms with Gasteiger partial charge in [0.05, 0.1) is 25.5 Å². The van der Waals surface area contributed by atoms with E-state index in [9.17, 15) is 14.4 Å². The predicted molar refractivity (Wildman–Crippen MR) is 55.2 cm³/mol. The first-order valence-electron chi connectivity index (χ1n) is 4.56. The van der Waals surface area contributed by atoms with Gasteiger partial charge >= 0.3 is 17.1 Å². The summed E-state index contributed by atoms with van der Waals surface area (Å²) in [5.41, 5.74) is 0.0376. The quantitative estimate of drug-likeness (QED) is 0.491. The molecule has 0 aliphatic carbocycles. The monoisotopic (exact) mass is 223 g/mol. The number of rotatable bonds is 3. The van der Waals surface area contributed by atoms with Gasteiger partial charge in [-0.2, -0.15) is 0 Å². The third kappa shape index (κ3) is 1.81. The maximum absolute atomic E-state index is 11.7. The lowest BCUT2D eigenvalue weighted by atomic mass is 10.5. The van der Waals surface area contributed by atoms with E-state index in [1.165, 1.54) is 0 Å². The average Bonchev–Trinajstić information content (AvgIpc) is 3.03. The Morgan fingerprint density at radius 1 is 1.50 bits per heavy atom. The minimum absolute atomic E-state index is 0.127. The number of nitrogens with one attached hydrogen (secondary N) is 1. The Balaban J connectivity index is 2.63. The zero-order chi connectivity index (χ0) is 11.7. The fraction of sp³-hybridized carbons (Fsp3) is 0.333. The lowest BCUT2D eigenvalue weighted by molar-refractivity contribution is 0.372. The van der Waals surface area contributed by atoms with Gasteiger partial charge in [-0.1, -0.05) is 6.58 Å². The second-order valence-corrected chi connectivity index (χ2v) is 3.29. The predicted octanol–water partition coefficient (Wildman–Crippen LogP) is -1.65. The Bertz CT molecular complexity index is 625. The summed E-state index contributed by atoms with van der Waals surface area (Å²) in [7, 11) is 0. The van der Waals surface area contributed by atoms with E-state index >= 15 is 0 Å². The summed E-state index contributed by atoms with van der Waals surface area (Å²) in [5.74, 6) is 0. The molecule has 2 rings (SSSR count). The van der Waals surface area contributed by atoms with Crippen molar-refractivity contribution < 1.29 is 4.74 Å². The summed E-state index contributed by atoms with van der Waals surface area (Å²) in [6, 6.07) is 0. The fourth-order valence-electron chi connectivity index (χ4n) is 1.27. The third-order valence-corrected chi connectivity index (χ3v) is 2.12. The molecule has 0 spiro atoms. The van der Waals surface area contributed by atoms with E-state index in [0.29, 0.717) is 6.61 Å². The molecule has 0 bridgehead atoms. The van der Waals surface area contributed by atoms with E-state index in [-0.39, 0.29) is 12.6 Å². The summed E-state index contributed by atoms with van der Waals surface area (Å²) >= 11 is 0. The van der Waals surface area contributed by atoms with Crippen LogP contribution in [0.2, 0.25) is 0 Å². The van der Waals surface area contributed by atoms with Crippen LogP contribution < -0.4 is 17.1 Å². The van der Waals surface area contributed by atoms with E-state index in [4.69, 9.17) is 4.74 Å². The number of nitrogens with zero attached hydrogens (tertiary/aromatic N) is 2. The van der Waals surface area contributed by atoms with Gasteiger partial charge in [-0.05, 0) is 0 Å². The molecule has 16 heavy (non-hydrogen) atoms. The van der Waals surface area contributed by atoms with Crippen LogP contribution in [0, 0.1) is 0 Å². The van der Waals surface area contributed by atoms with Crippen molar-refractivity contribution in [3.8, 4) is 0 Å². The minimum Gasteiger partial charge on any atom is -0.371 e. The van der Waals surface area contributed by atoms with E-state index in [1.807, 2.05) is 4.98 Å². The molecule has 1 aliphatic rings. The topological polar surface area (TPSA) is 89.4 Å². The highest BCUT2D eigenvalue weighted by Crippen LogP contribution is 2.08. The van der Waals surface area contributed by atoms with Crippen molar-refractivity contribution in [2.75, 3.05) is 6.61 Å². The standard InChI is InChI=1S/C9H9N3O4/c1-2-3-11-7(13)10-8(14)12(9(11)15)4-6-5-16-6/h3,6H,1,4-5H2,(H,10,13,14). The second kappa shape index (κ2) is 3.80. The molecule has 1 N–H and O–H groups in total. The number of aromatic amines is 1. The molecule has 2 heterocycles. The number of aromatic nitrogens is 3. The van der Waals surface area contributed by atoms with Gasteiger partial charge in [0.15, 0.2) is 0 Å². The van der Waals surface area contributed by atoms with Crippen LogP contribution in [0.25, 0.3) is 6.20 Å². The SMILES string of the molecule is C=C=Cn1c(=O)[nH]c(=O)n(CC2CO2)c1=O. The van der Waals surface area contributed by atoms with Crippen molar-refractivity contribution in [2.24, 2.45) is 0 Å². The molecule has 7 heteroatoms. The van der Waals surface area contributed by atoms with Crippen LogP contribution in [0.15, 0.2) is 26.7 Å². The Morgan fingerprint density at radius 2 is 2.19 bits per heavy atom. The Hall–Kier alpha value is -2.11. The van der Waals surface area contributed by atoms with Crippen molar-refractivity contribution in [1.82, 2.24) is 14.1 Å². The molecule has 1 aromatic heterocycles. The molecule has 0 aromatic carbocycles. The highest BCUT2D eigenvalue weighted by molar-refractivity contribution is 5.17. The summed E-state index contributed by atoms with van der Waals surface area (Å²) in [6.45, 7) is 3.91. The molecule has 1 saturated heterocycles. The highest BCUT2D eigenvalue weighted by atomic mass is 16.6. The zero-order valence-corrected chi connectivity index (χ0v) is 8.30. The number of hydrogen-bond donors (Lipinski definition) is 1. The number of hydrogen-bond acceptors (Lipinski definition) is 4. The maximum Gasteiger partial charge on any atom is 0.341 e. The van der Waals surface area contributed by atoms with Gasteiger partial charge in [-0.15, -0.1) is 5.73 Å². The van der Waals surface area contributed by atoms with Gasteiger partial charge in [-0.3, -0.25) is 4.98 Å². The largest absolute Gasteiger partial charge is 0.371 e. The van der Waals surface area contributed by atoms with Gasteiger partial charge in [-0.25, -0.2) is 23.5 Å². The molecular formula is C9H9N3O4. The van der Waals surface area contributed by atoms with Crippen molar-refractivity contribution in [2.45, 2.75) is 12.6 Å².